The minimum absolute atomic E-state index is 0.0116. The maximum atomic E-state index is 11.9. The quantitative estimate of drug-likeness (QED) is 0.684. The normalized spacial score (nSPS) is 16.9. The first kappa shape index (κ1) is 15.1. The molecule has 5 nitrogen and oxygen atoms in total. The lowest BCUT2D eigenvalue weighted by Crippen LogP contribution is -2.38. The number of hydrogen-bond donors (Lipinski definition) is 1. The topological polar surface area (TPSA) is 62.5 Å². The van der Waals surface area contributed by atoms with E-state index in [0.717, 1.165) is 12.8 Å². The van der Waals surface area contributed by atoms with Crippen molar-refractivity contribution in [3.05, 3.63) is 48.3 Å². The Labute approximate surface area is 124 Å². The molecule has 1 aliphatic rings. The van der Waals surface area contributed by atoms with Crippen LogP contribution < -0.4 is 0 Å². The average Bonchev–Trinajstić information content (AvgIpc) is 2.97. The van der Waals surface area contributed by atoms with Gasteiger partial charge in [-0.3, -0.25) is 4.79 Å². The van der Waals surface area contributed by atoms with Gasteiger partial charge in [0.15, 0.2) is 0 Å². The van der Waals surface area contributed by atoms with E-state index in [0.29, 0.717) is 18.8 Å². The highest BCUT2D eigenvalue weighted by molar-refractivity contribution is 5.88. The second kappa shape index (κ2) is 6.92. The highest BCUT2D eigenvalue weighted by Gasteiger charge is 2.24. The van der Waals surface area contributed by atoms with Gasteiger partial charge in [-0.05, 0) is 31.9 Å². The van der Waals surface area contributed by atoms with E-state index >= 15 is 0 Å². The largest absolute Gasteiger partial charge is 0.477 e. The number of nitrogens with zero attached hydrogens (tertiary/aromatic N) is 2. The molecule has 1 aromatic heterocycles. The van der Waals surface area contributed by atoms with Gasteiger partial charge in [-0.15, -0.1) is 0 Å². The monoisotopic (exact) mass is 288 g/mol. The number of carbonyl (C=O) groups excluding carboxylic acids is 1. The van der Waals surface area contributed by atoms with E-state index in [9.17, 15) is 9.59 Å². The summed E-state index contributed by atoms with van der Waals surface area (Å²) in [7, 11) is 0. The number of hydrogen-bond acceptors (Lipinski definition) is 2. The Morgan fingerprint density at radius 1 is 1.29 bits per heavy atom. The maximum absolute atomic E-state index is 11.9. The summed E-state index contributed by atoms with van der Waals surface area (Å²) in [5, 5.41) is 9.14. The Bertz CT molecular complexity index is 564. The fourth-order valence-electron chi connectivity index (χ4n) is 2.61. The molecule has 1 N–H and O–H groups in total. The van der Waals surface area contributed by atoms with Crippen molar-refractivity contribution in [3.63, 3.8) is 0 Å². The second-order valence-electron chi connectivity index (χ2n) is 5.05. The van der Waals surface area contributed by atoms with Crippen molar-refractivity contribution >= 4 is 11.9 Å². The molecule has 1 saturated heterocycles. The molecule has 0 bridgehead atoms. The number of amides is 1. The van der Waals surface area contributed by atoms with E-state index in [-0.39, 0.29) is 11.9 Å². The van der Waals surface area contributed by atoms with Crippen LogP contribution >= 0.6 is 0 Å². The third-order valence-corrected chi connectivity index (χ3v) is 3.71. The summed E-state index contributed by atoms with van der Waals surface area (Å²) in [4.78, 5) is 24.9. The zero-order valence-electron chi connectivity index (χ0n) is 12.1. The van der Waals surface area contributed by atoms with Crippen molar-refractivity contribution < 1.29 is 14.7 Å². The fraction of sp³-hybridized carbons (Fsp3) is 0.375. The van der Waals surface area contributed by atoms with Crippen LogP contribution in [0, 0.1) is 0 Å². The van der Waals surface area contributed by atoms with E-state index < -0.39 is 5.97 Å². The van der Waals surface area contributed by atoms with Gasteiger partial charge in [-0.25, -0.2) is 4.79 Å². The smallest absolute Gasteiger partial charge is 0.352 e. The third-order valence-electron chi connectivity index (χ3n) is 3.71. The van der Waals surface area contributed by atoms with Gasteiger partial charge >= 0.3 is 5.97 Å². The van der Waals surface area contributed by atoms with Crippen LogP contribution in [0.2, 0.25) is 0 Å². The summed E-state index contributed by atoms with van der Waals surface area (Å²) < 4.78 is 1.81. The third kappa shape index (κ3) is 3.62. The lowest BCUT2D eigenvalue weighted by molar-refractivity contribution is -0.127. The lowest BCUT2D eigenvalue weighted by Gasteiger charge is -2.32. The fourth-order valence-corrected chi connectivity index (χ4v) is 2.61. The molecule has 0 saturated carbocycles. The Morgan fingerprint density at radius 2 is 2.00 bits per heavy atom. The molecule has 1 fully saturated rings. The highest BCUT2D eigenvalue weighted by atomic mass is 16.4. The molecule has 0 spiro atoms. The molecule has 0 aromatic carbocycles. The second-order valence-corrected chi connectivity index (χ2v) is 5.05. The van der Waals surface area contributed by atoms with Gasteiger partial charge in [-0.1, -0.05) is 18.2 Å². The van der Waals surface area contributed by atoms with Crippen LogP contribution in [0.3, 0.4) is 0 Å². The van der Waals surface area contributed by atoms with E-state index in [1.807, 2.05) is 19.1 Å². The van der Waals surface area contributed by atoms with Crippen LogP contribution in [0.1, 0.15) is 36.3 Å². The Hall–Kier alpha value is -2.30. The van der Waals surface area contributed by atoms with Crippen molar-refractivity contribution in [2.45, 2.75) is 25.8 Å². The number of carbonyl (C=O) groups is 2. The molecule has 0 aliphatic carbocycles. The summed E-state index contributed by atoms with van der Waals surface area (Å²) in [5.41, 5.74) is 0.313. The summed E-state index contributed by atoms with van der Waals surface area (Å²) in [5.74, 6) is -0.898. The average molecular weight is 288 g/mol. The van der Waals surface area contributed by atoms with Gasteiger partial charge in [0.05, 0.1) is 0 Å². The number of carboxylic acids is 1. The summed E-state index contributed by atoms with van der Waals surface area (Å²) in [6.45, 7) is 3.21. The van der Waals surface area contributed by atoms with E-state index in [4.69, 9.17) is 5.11 Å². The summed E-state index contributed by atoms with van der Waals surface area (Å²) >= 11 is 0. The van der Waals surface area contributed by atoms with Gasteiger partial charge < -0.3 is 14.6 Å². The van der Waals surface area contributed by atoms with E-state index in [1.165, 1.54) is 0 Å². The van der Waals surface area contributed by atoms with Gasteiger partial charge in [0, 0.05) is 31.4 Å². The van der Waals surface area contributed by atoms with Gasteiger partial charge in [-0.2, -0.15) is 0 Å². The van der Waals surface area contributed by atoms with Gasteiger partial charge in [0.1, 0.15) is 5.69 Å². The van der Waals surface area contributed by atoms with E-state index in [1.54, 1.807) is 39.9 Å². The molecule has 112 valence electrons. The first-order chi connectivity index (χ1) is 10.1. The molecule has 1 aliphatic heterocycles. The molecular weight excluding hydrogens is 268 g/mol. The Kier molecular flexibility index (Phi) is 4.98. The molecule has 2 heterocycles. The zero-order valence-corrected chi connectivity index (χ0v) is 12.1. The first-order valence-corrected chi connectivity index (χ1v) is 7.12. The van der Waals surface area contributed by atoms with Crippen molar-refractivity contribution in [1.29, 1.82) is 0 Å². The number of allylic oxidation sites excluding steroid dienone is 3. The molecule has 1 aromatic rings. The number of piperidine rings is 1. The van der Waals surface area contributed by atoms with Crippen molar-refractivity contribution in [1.82, 2.24) is 9.47 Å². The maximum Gasteiger partial charge on any atom is 0.352 e. The predicted octanol–water partition coefficient (Wildman–Crippen LogP) is 2.48. The Morgan fingerprint density at radius 3 is 2.62 bits per heavy atom. The van der Waals surface area contributed by atoms with Crippen LogP contribution in [0.4, 0.5) is 0 Å². The number of aromatic carboxylic acids is 1. The first-order valence-electron chi connectivity index (χ1n) is 7.12. The minimum atomic E-state index is -0.909. The van der Waals surface area contributed by atoms with Crippen LogP contribution in [0.5, 0.6) is 0 Å². The molecule has 0 atom stereocenters. The standard InChI is InChI=1S/C16H20N2O3/c1-2-3-4-7-15(19)17-11-8-13(9-12-17)18-10-5-6-14(18)16(20)21/h2-7,10,13H,8-9,11-12H2,1H3,(H,20,21). The number of aromatic nitrogens is 1. The highest BCUT2D eigenvalue weighted by Crippen LogP contribution is 2.24. The SMILES string of the molecule is CC=CC=CC(=O)N1CCC(n2cccc2C(=O)O)CC1. The van der Waals surface area contributed by atoms with Gasteiger partial charge in [0.25, 0.3) is 0 Å². The molecule has 0 unspecified atom stereocenters. The molecule has 21 heavy (non-hydrogen) atoms. The molecule has 0 radical (unpaired) electrons. The number of likely N-dealkylation sites (tertiary alicyclic amines) is 1. The van der Waals surface area contributed by atoms with Crippen LogP contribution in [-0.2, 0) is 4.79 Å². The minimum Gasteiger partial charge on any atom is -0.477 e. The Balaban J connectivity index is 1.95. The number of rotatable bonds is 4. The zero-order chi connectivity index (χ0) is 15.2. The van der Waals surface area contributed by atoms with E-state index in [2.05, 4.69) is 0 Å². The van der Waals surface area contributed by atoms with Crippen LogP contribution in [0.15, 0.2) is 42.6 Å². The van der Waals surface area contributed by atoms with Crippen molar-refractivity contribution in [2.24, 2.45) is 0 Å². The summed E-state index contributed by atoms with van der Waals surface area (Å²) in [6, 6.07) is 3.51. The van der Waals surface area contributed by atoms with Crippen LogP contribution in [0.25, 0.3) is 0 Å². The van der Waals surface area contributed by atoms with Crippen molar-refractivity contribution in [3.8, 4) is 0 Å². The van der Waals surface area contributed by atoms with Crippen molar-refractivity contribution in [2.75, 3.05) is 13.1 Å². The predicted molar refractivity (Wildman–Crippen MR) is 80.2 cm³/mol. The number of carboxylic acid groups (broad SMARTS) is 1. The van der Waals surface area contributed by atoms with Gasteiger partial charge in [0.2, 0.25) is 5.91 Å². The lowest BCUT2D eigenvalue weighted by atomic mass is 10.0. The molecule has 1 amide bonds. The van der Waals surface area contributed by atoms with Crippen LogP contribution in [-0.4, -0.2) is 39.5 Å². The molecular formula is C16H20N2O3. The molecule has 2 rings (SSSR count). The molecule has 5 heteroatoms. The summed E-state index contributed by atoms with van der Waals surface area (Å²) in [6.07, 6.45) is 10.4.